The molecule has 1 spiro atoms. The lowest BCUT2D eigenvalue weighted by Gasteiger charge is -2.29. The first-order valence-electron chi connectivity index (χ1n) is 10.4. The van der Waals surface area contributed by atoms with Crippen molar-refractivity contribution >= 4 is 11.7 Å². The molecule has 3 saturated heterocycles. The fourth-order valence-electron chi connectivity index (χ4n) is 5.22. The Bertz CT molecular complexity index is 675. The van der Waals surface area contributed by atoms with Crippen LogP contribution in [-0.2, 0) is 9.53 Å². The number of nitrogens with one attached hydrogen (secondary N) is 1. The van der Waals surface area contributed by atoms with E-state index in [4.69, 9.17) is 4.74 Å². The molecule has 2 bridgehead atoms. The molecule has 6 heteroatoms. The molecule has 1 amide bonds. The normalized spacial score (nSPS) is 31.6. The molecule has 0 unspecified atom stereocenters. The Hall–Kier alpha value is -1.66. The third kappa shape index (κ3) is 3.45. The highest BCUT2D eigenvalue weighted by Gasteiger charge is 2.63. The van der Waals surface area contributed by atoms with Crippen LogP contribution in [0.15, 0.2) is 18.3 Å². The Morgan fingerprint density at radius 3 is 2.93 bits per heavy atom. The second-order valence-corrected chi connectivity index (χ2v) is 8.37. The predicted octanol–water partition coefficient (Wildman–Crippen LogP) is 1.83. The van der Waals surface area contributed by atoms with Gasteiger partial charge in [-0.25, -0.2) is 4.98 Å². The monoisotopic (exact) mass is 372 g/mol. The Morgan fingerprint density at radius 2 is 2.22 bits per heavy atom. The molecule has 27 heavy (non-hydrogen) atoms. The number of anilines is 1. The van der Waals surface area contributed by atoms with E-state index in [1.807, 2.05) is 6.20 Å². The van der Waals surface area contributed by atoms with E-state index in [0.29, 0.717) is 24.5 Å². The first-order valence-corrected chi connectivity index (χ1v) is 10.4. The topological polar surface area (TPSA) is 57.7 Å². The number of ether oxygens (including phenoxy) is 1. The minimum Gasteiger partial charge on any atom is -0.369 e. The summed E-state index contributed by atoms with van der Waals surface area (Å²) in [5, 5.41) is 3.19. The van der Waals surface area contributed by atoms with Gasteiger partial charge in [0, 0.05) is 37.7 Å². The second kappa shape index (κ2) is 7.40. The van der Waals surface area contributed by atoms with Gasteiger partial charge in [0.25, 0.3) is 0 Å². The lowest BCUT2D eigenvalue weighted by molar-refractivity contribution is -0.122. The first-order chi connectivity index (χ1) is 13.0. The third-order valence-electron chi connectivity index (χ3n) is 6.80. The molecular weight excluding hydrogens is 340 g/mol. The van der Waals surface area contributed by atoms with Crippen molar-refractivity contribution in [1.82, 2.24) is 15.2 Å². The maximum Gasteiger partial charge on any atom is 0.234 e. The molecule has 4 rings (SSSR count). The fourth-order valence-corrected chi connectivity index (χ4v) is 5.22. The zero-order chi connectivity index (χ0) is 19.0. The van der Waals surface area contributed by atoms with Crippen LogP contribution in [0.3, 0.4) is 0 Å². The molecule has 1 N–H and O–H groups in total. The van der Waals surface area contributed by atoms with Crippen molar-refractivity contribution in [1.29, 1.82) is 0 Å². The zero-order valence-electron chi connectivity index (χ0n) is 16.8. The maximum absolute atomic E-state index is 12.3. The number of carbonyl (C=O) groups excluding carboxylic acids is 1. The SMILES string of the molecule is CCN(CC)CC(=O)NC[C@H]1[C@H]2CN(c3ccc(C)cn3)C[C@]23CC[C@H]1O3. The van der Waals surface area contributed by atoms with E-state index in [-0.39, 0.29) is 11.5 Å². The largest absolute Gasteiger partial charge is 0.369 e. The van der Waals surface area contributed by atoms with Gasteiger partial charge in [0.1, 0.15) is 5.82 Å². The summed E-state index contributed by atoms with van der Waals surface area (Å²) in [6.45, 7) is 11.2. The van der Waals surface area contributed by atoms with E-state index in [9.17, 15) is 4.79 Å². The highest BCUT2D eigenvalue weighted by atomic mass is 16.5. The van der Waals surface area contributed by atoms with Crippen molar-refractivity contribution in [3.8, 4) is 0 Å². The number of aryl methyl sites for hydroxylation is 1. The minimum absolute atomic E-state index is 0.0362. The first kappa shape index (κ1) is 18.7. The van der Waals surface area contributed by atoms with Crippen LogP contribution in [0.25, 0.3) is 0 Å². The van der Waals surface area contributed by atoms with Crippen LogP contribution < -0.4 is 10.2 Å². The Morgan fingerprint density at radius 1 is 1.41 bits per heavy atom. The summed E-state index contributed by atoms with van der Waals surface area (Å²) >= 11 is 0. The van der Waals surface area contributed by atoms with Crippen molar-refractivity contribution in [3.05, 3.63) is 23.9 Å². The lowest BCUT2D eigenvalue weighted by atomic mass is 9.73. The summed E-state index contributed by atoms with van der Waals surface area (Å²) in [5.41, 5.74) is 1.15. The molecule has 0 aromatic carbocycles. The maximum atomic E-state index is 12.3. The highest BCUT2D eigenvalue weighted by Crippen LogP contribution is 2.55. The van der Waals surface area contributed by atoms with E-state index >= 15 is 0 Å². The number of carbonyl (C=O) groups is 1. The molecule has 6 nitrogen and oxygen atoms in total. The van der Waals surface area contributed by atoms with E-state index in [0.717, 1.165) is 51.4 Å². The Balaban J connectivity index is 1.39. The molecule has 3 fully saturated rings. The standard InChI is InChI=1S/C21H32N4O2/c1-4-24(5-2)13-20(26)23-11-16-17-12-25(19-7-6-15(3)10-22-19)14-21(17)9-8-18(16)27-21/h6-7,10,16-18H,4-5,8-9,11-14H2,1-3H3,(H,23,26)/t16-,17+,18+,21+/m0/s1. The molecule has 4 atom stereocenters. The fraction of sp³-hybridized carbons (Fsp3) is 0.714. The van der Waals surface area contributed by atoms with Gasteiger partial charge in [-0.3, -0.25) is 9.69 Å². The highest BCUT2D eigenvalue weighted by molar-refractivity contribution is 5.78. The number of pyridine rings is 1. The van der Waals surface area contributed by atoms with Crippen LogP contribution in [0, 0.1) is 18.8 Å². The van der Waals surface area contributed by atoms with Crippen LogP contribution in [0.2, 0.25) is 0 Å². The van der Waals surface area contributed by atoms with E-state index in [1.165, 1.54) is 5.56 Å². The molecule has 1 aromatic rings. The van der Waals surface area contributed by atoms with Crippen molar-refractivity contribution in [3.63, 3.8) is 0 Å². The lowest BCUT2D eigenvalue weighted by Crippen LogP contribution is -2.44. The molecule has 0 saturated carbocycles. The van der Waals surface area contributed by atoms with Gasteiger partial charge in [-0.05, 0) is 44.5 Å². The van der Waals surface area contributed by atoms with E-state index < -0.39 is 0 Å². The van der Waals surface area contributed by atoms with Crippen LogP contribution >= 0.6 is 0 Å². The molecule has 4 heterocycles. The van der Waals surface area contributed by atoms with Gasteiger partial charge in [-0.1, -0.05) is 19.9 Å². The molecule has 3 aliphatic rings. The number of rotatable bonds is 7. The molecular formula is C21H32N4O2. The van der Waals surface area contributed by atoms with Gasteiger partial charge in [0.15, 0.2) is 0 Å². The summed E-state index contributed by atoms with van der Waals surface area (Å²) in [5.74, 6) is 2.06. The smallest absolute Gasteiger partial charge is 0.234 e. The van der Waals surface area contributed by atoms with Crippen molar-refractivity contribution < 1.29 is 9.53 Å². The number of amides is 1. The Kier molecular flexibility index (Phi) is 5.12. The Labute approximate surface area is 162 Å². The van der Waals surface area contributed by atoms with Crippen molar-refractivity contribution in [2.75, 3.05) is 44.2 Å². The van der Waals surface area contributed by atoms with E-state index in [1.54, 1.807) is 0 Å². The minimum atomic E-state index is -0.0362. The molecule has 0 aliphatic carbocycles. The van der Waals surface area contributed by atoms with Gasteiger partial charge in [-0.15, -0.1) is 0 Å². The third-order valence-corrected chi connectivity index (χ3v) is 6.80. The zero-order valence-corrected chi connectivity index (χ0v) is 16.8. The summed E-state index contributed by atoms with van der Waals surface area (Å²) < 4.78 is 6.50. The summed E-state index contributed by atoms with van der Waals surface area (Å²) in [7, 11) is 0. The van der Waals surface area contributed by atoms with Crippen LogP contribution in [0.5, 0.6) is 0 Å². The second-order valence-electron chi connectivity index (χ2n) is 8.37. The predicted molar refractivity (Wildman–Crippen MR) is 106 cm³/mol. The van der Waals surface area contributed by atoms with Crippen LogP contribution in [0.4, 0.5) is 5.82 Å². The van der Waals surface area contributed by atoms with Gasteiger partial charge in [-0.2, -0.15) is 0 Å². The van der Waals surface area contributed by atoms with Crippen LogP contribution in [-0.4, -0.2) is 66.8 Å². The molecule has 0 radical (unpaired) electrons. The number of nitrogens with zero attached hydrogens (tertiary/aromatic N) is 3. The number of likely N-dealkylation sites (N-methyl/N-ethyl adjacent to an activating group) is 1. The summed E-state index contributed by atoms with van der Waals surface area (Å²) in [4.78, 5) is 21.5. The average Bonchev–Trinajstić information content (AvgIpc) is 3.33. The van der Waals surface area contributed by atoms with Gasteiger partial charge in [0.2, 0.25) is 5.91 Å². The van der Waals surface area contributed by atoms with Crippen molar-refractivity contribution in [2.45, 2.75) is 45.3 Å². The number of aromatic nitrogens is 1. The summed E-state index contributed by atoms with van der Waals surface area (Å²) in [6, 6.07) is 4.23. The van der Waals surface area contributed by atoms with Gasteiger partial charge >= 0.3 is 0 Å². The number of hydrogen-bond donors (Lipinski definition) is 1. The molecule has 3 aliphatic heterocycles. The number of hydrogen-bond acceptors (Lipinski definition) is 5. The van der Waals surface area contributed by atoms with Gasteiger partial charge < -0.3 is 15.0 Å². The summed E-state index contributed by atoms with van der Waals surface area (Å²) in [6.07, 6.45) is 4.48. The van der Waals surface area contributed by atoms with Crippen molar-refractivity contribution in [2.24, 2.45) is 11.8 Å². The van der Waals surface area contributed by atoms with Gasteiger partial charge in [0.05, 0.1) is 18.2 Å². The molecule has 1 aromatic heterocycles. The molecule has 148 valence electrons. The quantitative estimate of drug-likeness (QED) is 0.791. The van der Waals surface area contributed by atoms with E-state index in [2.05, 4.69) is 53.0 Å². The van der Waals surface area contributed by atoms with Crippen LogP contribution in [0.1, 0.15) is 32.3 Å². The number of fused-ring (bicyclic) bond motifs is 1. The average molecular weight is 373 g/mol.